The third kappa shape index (κ3) is 4.27. The van der Waals surface area contributed by atoms with E-state index in [0.29, 0.717) is 19.1 Å². The highest BCUT2D eigenvalue weighted by Crippen LogP contribution is 2.44. The molecule has 1 aliphatic carbocycles. The standard InChI is InChI=1S/C19H17F3N4O3.C3H6/c1-26-17(27)12-4-5-28-9-19(12,25-18(26)23)13-7-11(2-3-14(13)21)29-16-15(22)6-10(20)8-24-16;1-2-3-1/h2-3,6-8,12H,4-5,9H2,1H3,(H2,23,25);1-3H2. The first kappa shape index (κ1) is 22.1. The number of nitrogens with zero attached hydrogens (tertiary/aromatic N) is 3. The molecule has 7 nitrogen and oxygen atoms in total. The van der Waals surface area contributed by atoms with Gasteiger partial charge in [0.1, 0.15) is 22.9 Å². The van der Waals surface area contributed by atoms with Crippen LogP contribution in [-0.2, 0) is 15.1 Å². The van der Waals surface area contributed by atoms with Gasteiger partial charge in [0.05, 0.1) is 18.7 Å². The largest absolute Gasteiger partial charge is 0.436 e. The van der Waals surface area contributed by atoms with Crippen LogP contribution >= 0.6 is 0 Å². The zero-order chi connectivity index (χ0) is 22.9. The number of ether oxygens (including phenoxy) is 2. The number of rotatable bonds is 3. The van der Waals surface area contributed by atoms with Gasteiger partial charge in [0.25, 0.3) is 5.88 Å². The number of hydrogen-bond acceptors (Lipinski definition) is 6. The van der Waals surface area contributed by atoms with Gasteiger partial charge in [-0.1, -0.05) is 19.3 Å². The Morgan fingerprint density at radius 2 is 1.94 bits per heavy atom. The van der Waals surface area contributed by atoms with Crippen molar-refractivity contribution in [2.75, 3.05) is 20.3 Å². The van der Waals surface area contributed by atoms with E-state index in [1.54, 1.807) is 0 Å². The maximum atomic E-state index is 14.9. The fourth-order valence-electron chi connectivity index (χ4n) is 3.65. The molecule has 0 bridgehead atoms. The Kier molecular flexibility index (Phi) is 6.05. The topological polar surface area (TPSA) is 90.0 Å². The summed E-state index contributed by atoms with van der Waals surface area (Å²) >= 11 is 0. The maximum absolute atomic E-state index is 14.9. The third-order valence-electron chi connectivity index (χ3n) is 5.48. The van der Waals surface area contributed by atoms with Crippen LogP contribution in [-0.4, -0.2) is 42.0 Å². The second-order valence-electron chi connectivity index (χ2n) is 7.93. The SMILES string of the molecule is C1CC1.CN1C(=O)C2CCOCC2(c2cc(Oc3ncc(F)cc3F)ccc2F)N=C1N. The second-order valence-corrected chi connectivity index (χ2v) is 7.93. The predicted octanol–water partition coefficient (Wildman–Crippen LogP) is 3.48. The van der Waals surface area contributed by atoms with Crippen molar-refractivity contribution in [1.29, 1.82) is 0 Å². The molecule has 1 saturated heterocycles. The molecular formula is C22H23F3N4O3. The molecule has 3 aliphatic rings. The first-order valence-corrected chi connectivity index (χ1v) is 10.3. The Labute approximate surface area is 183 Å². The molecule has 0 spiro atoms. The molecule has 1 saturated carbocycles. The number of carbonyl (C=O) groups is 1. The molecule has 32 heavy (non-hydrogen) atoms. The van der Waals surface area contributed by atoms with E-state index in [2.05, 4.69) is 9.98 Å². The van der Waals surface area contributed by atoms with Crippen molar-refractivity contribution in [2.24, 2.45) is 16.6 Å². The van der Waals surface area contributed by atoms with Gasteiger partial charge in [0.2, 0.25) is 5.91 Å². The van der Waals surface area contributed by atoms with E-state index in [-0.39, 0.29) is 29.8 Å². The van der Waals surface area contributed by atoms with Crippen LogP contribution in [0.25, 0.3) is 0 Å². The number of fused-ring (bicyclic) bond motifs is 1. The average molecular weight is 448 g/mol. The van der Waals surface area contributed by atoms with Crippen molar-refractivity contribution in [3.8, 4) is 11.6 Å². The summed E-state index contributed by atoms with van der Waals surface area (Å²) in [5.74, 6) is -3.98. The van der Waals surface area contributed by atoms with Crippen molar-refractivity contribution >= 4 is 11.9 Å². The number of guanidine groups is 1. The summed E-state index contributed by atoms with van der Waals surface area (Å²) in [5, 5.41) is 0. The number of hydrogen-bond donors (Lipinski definition) is 1. The monoisotopic (exact) mass is 448 g/mol. The molecule has 3 heterocycles. The molecule has 0 radical (unpaired) electrons. The zero-order valence-corrected chi connectivity index (χ0v) is 17.5. The smallest absolute Gasteiger partial charge is 0.256 e. The van der Waals surface area contributed by atoms with Crippen LogP contribution < -0.4 is 10.5 Å². The lowest BCUT2D eigenvalue weighted by Crippen LogP contribution is -2.58. The fourth-order valence-corrected chi connectivity index (χ4v) is 3.65. The quantitative estimate of drug-likeness (QED) is 0.777. The molecule has 1 aromatic heterocycles. The first-order chi connectivity index (χ1) is 15.3. The lowest BCUT2D eigenvalue weighted by Gasteiger charge is -2.45. The van der Waals surface area contributed by atoms with Crippen molar-refractivity contribution in [1.82, 2.24) is 9.88 Å². The Hall–Kier alpha value is -3.14. The lowest BCUT2D eigenvalue weighted by atomic mass is 9.74. The normalized spacial score (nSPS) is 24.1. The Morgan fingerprint density at radius 3 is 2.62 bits per heavy atom. The van der Waals surface area contributed by atoms with Gasteiger partial charge in [0, 0.05) is 25.3 Å². The Bertz CT molecular complexity index is 1060. The number of aromatic nitrogens is 1. The van der Waals surface area contributed by atoms with Crippen molar-refractivity contribution < 1.29 is 27.4 Å². The molecule has 2 fully saturated rings. The minimum Gasteiger partial charge on any atom is -0.436 e. The summed E-state index contributed by atoms with van der Waals surface area (Å²) in [6.07, 6.45) is 5.63. The average Bonchev–Trinajstić information content (AvgIpc) is 3.65. The number of pyridine rings is 1. The second kappa shape index (κ2) is 8.78. The van der Waals surface area contributed by atoms with Gasteiger partial charge >= 0.3 is 0 Å². The van der Waals surface area contributed by atoms with E-state index in [1.165, 1.54) is 43.3 Å². The van der Waals surface area contributed by atoms with E-state index in [0.717, 1.165) is 12.3 Å². The van der Waals surface area contributed by atoms with E-state index in [4.69, 9.17) is 15.2 Å². The van der Waals surface area contributed by atoms with Gasteiger partial charge in [-0.2, -0.15) is 0 Å². The minimum atomic E-state index is -1.37. The van der Waals surface area contributed by atoms with E-state index in [1.807, 2.05) is 0 Å². The molecule has 1 amide bonds. The highest BCUT2D eigenvalue weighted by Gasteiger charge is 2.52. The molecule has 170 valence electrons. The Morgan fingerprint density at radius 1 is 1.19 bits per heavy atom. The van der Waals surface area contributed by atoms with E-state index < -0.39 is 34.8 Å². The fraction of sp³-hybridized carbons (Fsp3) is 0.409. The number of aliphatic imine (C=N–C) groups is 1. The van der Waals surface area contributed by atoms with Crippen LogP contribution in [0.2, 0.25) is 0 Å². The maximum Gasteiger partial charge on any atom is 0.256 e. The highest BCUT2D eigenvalue weighted by molar-refractivity contribution is 6.00. The summed E-state index contributed by atoms with van der Waals surface area (Å²) in [6, 6.07) is 4.30. The summed E-state index contributed by atoms with van der Waals surface area (Å²) in [5.41, 5.74) is 4.56. The van der Waals surface area contributed by atoms with Gasteiger partial charge in [-0.15, -0.1) is 0 Å². The number of amides is 1. The van der Waals surface area contributed by atoms with Crippen LogP contribution in [0.5, 0.6) is 11.6 Å². The van der Waals surface area contributed by atoms with E-state index >= 15 is 0 Å². The minimum absolute atomic E-state index is 0.0339. The van der Waals surface area contributed by atoms with Gasteiger partial charge in [-0.05, 0) is 24.6 Å². The molecular weight excluding hydrogens is 425 g/mol. The van der Waals surface area contributed by atoms with Crippen molar-refractivity contribution in [3.63, 3.8) is 0 Å². The zero-order valence-electron chi connectivity index (χ0n) is 17.5. The molecule has 2 atom stereocenters. The summed E-state index contributed by atoms with van der Waals surface area (Å²) in [7, 11) is 1.50. The van der Waals surface area contributed by atoms with Crippen LogP contribution in [0.1, 0.15) is 31.2 Å². The summed E-state index contributed by atoms with van der Waals surface area (Å²) in [6.45, 7) is 0.269. The van der Waals surface area contributed by atoms with Gasteiger partial charge in [-0.25, -0.2) is 23.1 Å². The van der Waals surface area contributed by atoms with Crippen LogP contribution in [0.3, 0.4) is 0 Å². The van der Waals surface area contributed by atoms with Crippen LogP contribution in [0.15, 0.2) is 35.5 Å². The molecule has 2 aromatic rings. The van der Waals surface area contributed by atoms with Gasteiger partial charge in [0.15, 0.2) is 11.8 Å². The number of nitrogens with two attached hydrogens (primary N) is 1. The molecule has 2 N–H and O–H groups in total. The third-order valence-corrected chi connectivity index (χ3v) is 5.48. The van der Waals surface area contributed by atoms with Crippen molar-refractivity contribution in [3.05, 3.63) is 53.5 Å². The molecule has 5 rings (SSSR count). The molecule has 2 unspecified atom stereocenters. The lowest BCUT2D eigenvalue weighted by molar-refractivity contribution is -0.140. The first-order valence-electron chi connectivity index (χ1n) is 10.3. The van der Waals surface area contributed by atoms with Crippen molar-refractivity contribution in [2.45, 2.75) is 31.2 Å². The number of halogens is 3. The van der Waals surface area contributed by atoms with Crippen LogP contribution in [0.4, 0.5) is 13.2 Å². The van der Waals surface area contributed by atoms with E-state index in [9.17, 15) is 18.0 Å². The summed E-state index contributed by atoms with van der Waals surface area (Å²) < 4.78 is 52.7. The van der Waals surface area contributed by atoms with Gasteiger partial charge < -0.3 is 15.2 Å². The number of benzene rings is 1. The van der Waals surface area contributed by atoms with Gasteiger partial charge in [-0.3, -0.25) is 9.69 Å². The predicted molar refractivity (Wildman–Crippen MR) is 109 cm³/mol. The Balaban J connectivity index is 0.000000754. The summed E-state index contributed by atoms with van der Waals surface area (Å²) in [4.78, 5) is 22.0. The molecule has 10 heteroatoms. The molecule has 2 aliphatic heterocycles. The highest BCUT2D eigenvalue weighted by atomic mass is 19.1. The van der Waals surface area contributed by atoms with Crippen LogP contribution in [0, 0.1) is 23.4 Å². The molecule has 1 aromatic carbocycles. The number of carbonyl (C=O) groups excluding carboxylic acids is 1.